The largest absolute Gasteiger partial charge is 0.468 e. The summed E-state index contributed by atoms with van der Waals surface area (Å²) >= 11 is 0. The van der Waals surface area contributed by atoms with Crippen LogP contribution in [0.15, 0.2) is 41.0 Å². The number of amides is 1. The minimum Gasteiger partial charge on any atom is -0.468 e. The van der Waals surface area contributed by atoms with Gasteiger partial charge in [-0.3, -0.25) is 9.59 Å². The number of aryl methyl sites for hydroxylation is 1. The standard InChI is InChI=1S/C22H23NO3/c24-18-8-4-9-19-20(18)16(13-26-19)21(25)23-12-17(15-6-2-1-3-7-15)22(14-23)10-5-11-22/h1-3,6-7,13,17H,4-5,8-12,14H2. The highest BCUT2D eigenvalue weighted by atomic mass is 16.3. The van der Waals surface area contributed by atoms with Gasteiger partial charge in [-0.25, -0.2) is 0 Å². The molecule has 1 saturated heterocycles. The summed E-state index contributed by atoms with van der Waals surface area (Å²) < 4.78 is 5.57. The van der Waals surface area contributed by atoms with Gasteiger partial charge < -0.3 is 9.32 Å². The Morgan fingerprint density at radius 2 is 1.92 bits per heavy atom. The van der Waals surface area contributed by atoms with E-state index in [9.17, 15) is 9.59 Å². The number of nitrogens with zero attached hydrogens (tertiary/aromatic N) is 1. The lowest BCUT2D eigenvalue weighted by atomic mass is 9.61. The number of furan rings is 1. The summed E-state index contributed by atoms with van der Waals surface area (Å²) in [6.45, 7) is 1.52. The van der Waals surface area contributed by atoms with Crippen LogP contribution in [-0.4, -0.2) is 29.7 Å². The zero-order chi connectivity index (χ0) is 17.7. The van der Waals surface area contributed by atoms with Crippen LogP contribution >= 0.6 is 0 Å². The van der Waals surface area contributed by atoms with Gasteiger partial charge in [0.05, 0.1) is 11.1 Å². The topological polar surface area (TPSA) is 50.5 Å². The van der Waals surface area contributed by atoms with Crippen molar-refractivity contribution >= 4 is 11.7 Å². The highest BCUT2D eigenvalue weighted by Gasteiger charge is 2.52. The molecule has 26 heavy (non-hydrogen) atoms. The second-order valence-corrected chi connectivity index (χ2v) is 8.09. The van der Waals surface area contributed by atoms with E-state index in [-0.39, 0.29) is 17.1 Å². The van der Waals surface area contributed by atoms with E-state index in [4.69, 9.17) is 4.42 Å². The summed E-state index contributed by atoms with van der Waals surface area (Å²) in [6, 6.07) is 10.6. The molecule has 1 atom stereocenters. The smallest absolute Gasteiger partial charge is 0.257 e. The predicted octanol–water partition coefficient (Wildman–Crippen LogP) is 4.21. The third-order valence-corrected chi connectivity index (χ3v) is 6.67. The Kier molecular flexibility index (Phi) is 3.56. The van der Waals surface area contributed by atoms with Crippen LogP contribution in [0.3, 0.4) is 0 Å². The molecule has 1 spiro atoms. The van der Waals surface area contributed by atoms with E-state index in [1.165, 1.54) is 31.1 Å². The maximum absolute atomic E-state index is 13.2. The van der Waals surface area contributed by atoms with E-state index in [0.717, 1.165) is 25.9 Å². The summed E-state index contributed by atoms with van der Waals surface area (Å²) in [7, 11) is 0. The molecule has 3 aliphatic rings. The number of carbonyl (C=O) groups excluding carboxylic acids is 2. The highest BCUT2D eigenvalue weighted by Crippen LogP contribution is 2.56. The molecule has 2 heterocycles. The lowest BCUT2D eigenvalue weighted by Crippen LogP contribution is -2.38. The number of ketones is 1. The molecule has 1 unspecified atom stereocenters. The van der Waals surface area contributed by atoms with Gasteiger partial charge in [0.2, 0.25) is 0 Å². The van der Waals surface area contributed by atoms with E-state index < -0.39 is 0 Å². The van der Waals surface area contributed by atoms with E-state index in [0.29, 0.717) is 29.2 Å². The van der Waals surface area contributed by atoms with E-state index in [2.05, 4.69) is 24.3 Å². The molecule has 2 aliphatic carbocycles. The third kappa shape index (κ3) is 2.28. The van der Waals surface area contributed by atoms with Crippen molar-refractivity contribution in [2.45, 2.75) is 44.4 Å². The SMILES string of the molecule is O=C1CCCc2occ(C(=O)N3CC(c4ccccc4)C4(CCC4)C3)c21. The van der Waals surface area contributed by atoms with Gasteiger partial charge in [0.1, 0.15) is 12.0 Å². The Morgan fingerprint density at radius 3 is 2.65 bits per heavy atom. The molecule has 2 fully saturated rings. The zero-order valence-electron chi connectivity index (χ0n) is 14.9. The number of hydrogen-bond acceptors (Lipinski definition) is 3. The monoisotopic (exact) mass is 349 g/mol. The molecule has 1 saturated carbocycles. The normalized spacial score (nSPS) is 23.8. The van der Waals surface area contributed by atoms with Gasteiger partial charge in [0.15, 0.2) is 5.78 Å². The van der Waals surface area contributed by atoms with Crippen molar-refractivity contribution in [2.75, 3.05) is 13.1 Å². The van der Waals surface area contributed by atoms with Gasteiger partial charge in [-0.1, -0.05) is 36.8 Å². The summed E-state index contributed by atoms with van der Waals surface area (Å²) in [4.78, 5) is 27.5. The quantitative estimate of drug-likeness (QED) is 0.816. The Balaban J connectivity index is 1.46. The predicted molar refractivity (Wildman–Crippen MR) is 97.3 cm³/mol. The maximum atomic E-state index is 13.2. The van der Waals surface area contributed by atoms with E-state index in [1.54, 1.807) is 0 Å². The Labute approximate surface area is 153 Å². The van der Waals surface area contributed by atoms with Gasteiger partial charge in [0.25, 0.3) is 5.91 Å². The average molecular weight is 349 g/mol. The maximum Gasteiger partial charge on any atom is 0.257 e. The molecular formula is C22H23NO3. The molecule has 1 aromatic heterocycles. The minimum atomic E-state index is -0.0324. The summed E-state index contributed by atoms with van der Waals surface area (Å²) in [5, 5.41) is 0. The Hall–Kier alpha value is -2.36. The molecule has 1 aromatic carbocycles. The number of Topliss-reactive ketones (excluding diaryl/α,β-unsaturated/α-hetero) is 1. The van der Waals surface area contributed by atoms with Gasteiger partial charge in [0, 0.05) is 31.8 Å². The van der Waals surface area contributed by atoms with Crippen LogP contribution in [0.1, 0.15) is 70.1 Å². The van der Waals surface area contributed by atoms with Crippen molar-refractivity contribution in [3.05, 3.63) is 59.0 Å². The molecular weight excluding hydrogens is 326 g/mol. The number of fused-ring (bicyclic) bond motifs is 1. The summed E-state index contributed by atoms with van der Waals surface area (Å²) in [5.74, 6) is 1.11. The summed E-state index contributed by atoms with van der Waals surface area (Å²) in [6.07, 6.45) is 7.20. The van der Waals surface area contributed by atoms with Gasteiger partial charge in [-0.15, -0.1) is 0 Å². The lowest BCUT2D eigenvalue weighted by molar-refractivity contribution is 0.0720. The first-order valence-corrected chi connectivity index (χ1v) is 9.66. The van der Waals surface area contributed by atoms with Gasteiger partial charge in [-0.05, 0) is 30.2 Å². The molecule has 134 valence electrons. The number of rotatable bonds is 2. The molecule has 2 aromatic rings. The molecule has 4 nitrogen and oxygen atoms in total. The fourth-order valence-electron chi connectivity index (χ4n) is 5.16. The molecule has 1 aliphatic heterocycles. The first kappa shape index (κ1) is 15.9. The molecule has 1 amide bonds. The third-order valence-electron chi connectivity index (χ3n) is 6.67. The second-order valence-electron chi connectivity index (χ2n) is 8.09. The zero-order valence-corrected chi connectivity index (χ0v) is 14.9. The van der Waals surface area contributed by atoms with Crippen LogP contribution in [-0.2, 0) is 6.42 Å². The number of benzene rings is 1. The van der Waals surface area contributed by atoms with Crippen LogP contribution in [0.5, 0.6) is 0 Å². The summed E-state index contributed by atoms with van der Waals surface area (Å²) in [5.41, 5.74) is 2.57. The number of hydrogen-bond donors (Lipinski definition) is 0. The van der Waals surface area contributed by atoms with Crippen molar-refractivity contribution in [1.82, 2.24) is 4.90 Å². The molecule has 0 radical (unpaired) electrons. The molecule has 5 rings (SSSR count). The van der Waals surface area contributed by atoms with Crippen LogP contribution < -0.4 is 0 Å². The fourth-order valence-corrected chi connectivity index (χ4v) is 5.16. The Morgan fingerprint density at radius 1 is 1.12 bits per heavy atom. The molecule has 4 heteroatoms. The highest BCUT2D eigenvalue weighted by molar-refractivity contribution is 6.09. The van der Waals surface area contributed by atoms with Crippen molar-refractivity contribution in [2.24, 2.45) is 5.41 Å². The minimum absolute atomic E-state index is 0.0324. The van der Waals surface area contributed by atoms with E-state index in [1.807, 2.05) is 11.0 Å². The van der Waals surface area contributed by atoms with Crippen LogP contribution in [0.25, 0.3) is 0 Å². The lowest BCUT2D eigenvalue weighted by Gasteiger charge is -2.43. The number of carbonyl (C=O) groups is 2. The average Bonchev–Trinajstić information content (AvgIpc) is 3.25. The van der Waals surface area contributed by atoms with Crippen LogP contribution in [0.4, 0.5) is 0 Å². The van der Waals surface area contributed by atoms with Crippen LogP contribution in [0, 0.1) is 5.41 Å². The molecule has 0 N–H and O–H groups in total. The van der Waals surface area contributed by atoms with Crippen molar-refractivity contribution in [1.29, 1.82) is 0 Å². The van der Waals surface area contributed by atoms with Crippen LogP contribution in [0.2, 0.25) is 0 Å². The van der Waals surface area contributed by atoms with Gasteiger partial charge >= 0.3 is 0 Å². The molecule has 0 bridgehead atoms. The van der Waals surface area contributed by atoms with E-state index >= 15 is 0 Å². The Bertz CT molecular complexity index is 863. The van der Waals surface area contributed by atoms with Crippen molar-refractivity contribution in [3.63, 3.8) is 0 Å². The van der Waals surface area contributed by atoms with Crippen molar-refractivity contribution < 1.29 is 14.0 Å². The fraction of sp³-hybridized carbons (Fsp3) is 0.455. The van der Waals surface area contributed by atoms with Crippen molar-refractivity contribution in [3.8, 4) is 0 Å². The first-order chi connectivity index (χ1) is 12.7. The second kappa shape index (κ2) is 5.83. The van der Waals surface area contributed by atoms with Gasteiger partial charge in [-0.2, -0.15) is 0 Å². The number of likely N-dealkylation sites (tertiary alicyclic amines) is 1. The first-order valence-electron chi connectivity index (χ1n) is 9.66.